The van der Waals surface area contributed by atoms with E-state index >= 15 is 0 Å². The molecular weight excluding hydrogens is 274 g/mol. The largest absolute Gasteiger partial charge is 0.339 e. The molecule has 0 amide bonds. The predicted octanol–water partition coefficient (Wildman–Crippen LogP) is 2.03. The van der Waals surface area contributed by atoms with Crippen molar-refractivity contribution >= 4 is 11.0 Å². The standard InChI is InChI=1S/C17H19N5/c1-3-14(16-9-15-10-19-12-20-17(15)21-16)4-2-13(1)11-22-7-5-18-6-8-22/h1-4,9-10,12,18H,5-8,11H2,(H,19,20,21). The van der Waals surface area contributed by atoms with Crippen LogP contribution in [0.5, 0.6) is 0 Å². The Hall–Kier alpha value is -2.24. The van der Waals surface area contributed by atoms with E-state index in [2.05, 4.69) is 55.5 Å². The normalized spacial score (nSPS) is 16.2. The van der Waals surface area contributed by atoms with Crippen LogP contribution in [0, 0.1) is 0 Å². The van der Waals surface area contributed by atoms with E-state index in [1.54, 1.807) is 6.33 Å². The monoisotopic (exact) mass is 293 g/mol. The van der Waals surface area contributed by atoms with Crippen LogP contribution in [-0.4, -0.2) is 46.0 Å². The molecule has 2 aromatic heterocycles. The van der Waals surface area contributed by atoms with Gasteiger partial charge in [-0.15, -0.1) is 0 Å². The second-order valence-corrected chi connectivity index (χ2v) is 5.73. The third-order valence-electron chi connectivity index (χ3n) is 4.17. The van der Waals surface area contributed by atoms with Gasteiger partial charge < -0.3 is 10.3 Å². The summed E-state index contributed by atoms with van der Waals surface area (Å²) in [5.74, 6) is 0. The second kappa shape index (κ2) is 5.87. The van der Waals surface area contributed by atoms with Crippen LogP contribution in [0.25, 0.3) is 22.3 Å². The van der Waals surface area contributed by atoms with Gasteiger partial charge in [0.05, 0.1) is 0 Å². The van der Waals surface area contributed by atoms with E-state index in [0.717, 1.165) is 49.5 Å². The van der Waals surface area contributed by atoms with Crippen molar-refractivity contribution in [1.29, 1.82) is 0 Å². The molecule has 1 saturated heterocycles. The van der Waals surface area contributed by atoms with Gasteiger partial charge in [0, 0.05) is 50.0 Å². The molecule has 112 valence electrons. The first kappa shape index (κ1) is 13.4. The first-order valence-corrected chi connectivity index (χ1v) is 7.69. The quantitative estimate of drug-likeness (QED) is 0.776. The summed E-state index contributed by atoms with van der Waals surface area (Å²) < 4.78 is 0. The Morgan fingerprint density at radius 2 is 1.91 bits per heavy atom. The molecule has 5 heteroatoms. The SMILES string of the molecule is c1ncc2cc(-c3ccc(CN4CCNCC4)cc3)[nH]c2n1. The number of nitrogens with zero attached hydrogens (tertiary/aromatic N) is 3. The number of hydrogen-bond acceptors (Lipinski definition) is 4. The molecule has 0 bridgehead atoms. The molecule has 0 spiro atoms. The molecule has 5 nitrogen and oxygen atoms in total. The van der Waals surface area contributed by atoms with Crippen LogP contribution in [0.4, 0.5) is 0 Å². The van der Waals surface area contributed by atoms with Crippen molar-refractivity contribution in [3.8, 4) is 11.3 Å². The molecule has 0 unspecified atom stereocenters. The maximum absolute atomic E-state index is 4.24. The fraction of sp³-hybridized carbons (Fsp3) is 0.294. The summed E-state index contributed by atoms with van der Waals surface area (Å²) in [5, 5.41) is 4.43. The summed E-state index contributed by atoms with van der Waals surface area (Å²) in [6.45, 7) is 5.47. The van der Waals surface area contributed by atoms with Crippen molar-refractivity contribution in [2.24, 2.45) is 0 Å². The summed E-state index contributed by atoms with van der Waals surface area (Å²) in [6.07, 6.45) is 3.40. The summed E-state index contributed by atoms with van der Waals surface area (Å²) in [5.41, 5.74) is 4.52. The van der Waals surface area contributed by atoms with Gasteiger partial charge in [0.25, 0.3) is 0 Å². The van der Waals surface area contributed by atoms with Crippen molar-refractivity contribution in [2.45, 2.75) is 6.54 Å². The molecular formula is C17H19N5. The van der Waals surface area contributed by atoms with Crippen LogP contribution in [0.1, 0.15) is 5.56 Å². The van der Waals surface area contributed by atoms with Gasteiger partial charge in [-0.1, -0.05) is 24.3 Å². The Morgan fingerprint density at radius 1 is 1.09 bits per heavy atom. The fourth-order valence-corrected chi connectivity index (χ4v) is 2.94. The molecule has 1 aliphatic rings. The molecule has 1 aromatic carbocycles. The minimum atomic E-state index is 0.884. The fourth-order valence-electron chi connectivity index (χ4n) is 2.94. The van der Waals surface area contributed by atoms with Crippen molar-refractivity contribution in [3.63, 3.8) is 0 Å². The van der Waals surface area contributed by atoms with Gasteiger partial charge in [-0.3, -0.25) is 4.90 Å². The molecule has 0 radical (unpaired) electrons. The summed E-state index contributed by atoms with van der Waals surface area (Å²) in [4.78, 5) is 14.1. The number of benzene rings is 1. The van der Waals surface area contributed by atoms with Gasteiger partial charge in [-0.2, -0.15) is 0 Å². The Kier molecular flexibility index (Phi) is 3.58. The number of fused-ring (bicyclic) bond motifs is 1. The van der Waals surface area contributed by atoms with Gasteiger partial charge in [-0.25, -0.2) is 9.97 Å². The van der Waals surface area contributed by atoms with Gasteiger partial charge in [-0.05, 0) is 17.2 Å². The van der Waals surface area contributed by atoms with Gasteiger partial charge in [0.1, 0.15) is 12.0 Å². The summed E-state index contributed by atoms with van der Waals surface area (Å²) in [7, 11) is 0. The summed E-state index contributed by atoms with van der Waals surface area (Å²) in [6, 6.07) is 10.9. The predicted molar refractivity (Wildman–Crippen MR) is 87.5 cm³/mol. The van der Waals surface area contributed by atoms with Crippen molar-refractivity contribution in [3.05, 3.63) is 48.4 Å². The lowest BCUT2D eigenvalue weighted by Crippen LogP contribution is -2.42. The van der Waals surface area contributed by atoms with E-state index in [1.165, 1.54) is 11.1 Å². The zero-order valence-electron chi connectivity index (χ0n) is 12.4. The highest BCUT2D eigenvalue weighted by Crippen LogP contribution is 2.23. The van der Waals surface area contributed by atoms with E-state index in [1.807, 2.05) is 6.20 Å². The highest BCUT2D eigenvalue weighted by molar-refractivity contribution is 5.82. The molecule has 1 aliphatic heterocycles. The van der Waals surface area contributed by atoms with E-state index in [0.29, 0.717) is 0 Å². The minimum Gasteiger partial charge on any atom is -0.339 e. The van der Waals surface area contributed by atoms with Crippen LogP contribution in [0.3, 0.4) is 0 Å². The average Bonchev–Trinajstić information content (AvgIpc) is 3.00. The molecule has 2 N–H and O–H groups in total. The molecule has 0 atom stereocenters. The zero-order valence-corrected chi connectivity index (χ0v) is 12.4. The van der Waals surface area contributed by atoms with E-state index in [4.69, 9.17) is 0 Å². The van der Waals surface area contributed by atoms with E-state index in [-0.39, 0.29) is 0 Å². The van der Waals surface area contributed by atoms with Crippen LogP contribution in [0.2, 0.25) is 0 Å². The van der Waals surface area contributed by atoms with Gasteiger partial charge >= 0.3 is 0 Å². The lowest BCUT2D eigenvalue weighted by Gasteiger charge is -2.27. The molecule has 0 saturated carbocycles. The highest BCUT2D eigenvalue weighted by atomic mass is 15.2. The third kappa shape index (κ3) is 2.73. The van der Waals surface area contributed by atoms with E-state index < -0.39 is 0 Å². The number of hydrogen-bond donors (Lipinski definition) is 2. The van der Waals surface area contributed by atoms with Crippen LogP contribution >= 0.6 is 0 Å². The van der Waals surface area contributed by atoms with Gasteiger partial charge in [0.15, 0.2) is 0 Å². The maximum Gasteiger partial charge on any atom is 0.141 e. The summed E-state index contributed by atoms with van der Waals surface area (Å²) >= 11 is 0. The minimum absolute atomic E-state index is 0.884. The number of piperazine rings is 1. The number of aromatic nitrogens is 3. The van der Waals surface area contributed by atoms with Crippen LogP contribution in [-0.2, 0) is 6.54 Å². The Labute approximate surface area is 129 Å². The highest BCUT2D eigenvalue weighted by Gasteiger charge is 2.10. The second-order valence-electron chi connectivity index (χ2n) is 5.73. The molecule has 4 rings (SSSR count). The number of rotatable bonds is 3. The average molecular weight is 293 g/mol. The lowest BCUT2D eigenvalue weighted by atomic mass is 10.1. The number of aromatic amines is 1. The topological polar surface area (TPSA) is 56.8 Å². The Bertz CT molecular complexity index is 723. The van der Waals surface area contributed by atoms with Crippen molar-refractivity contribution in [1.82, 2.24) is 25.2 Å². The first-order chi connectivity index (χ1) is 10.9. The molecule has 0 aliphatic carbocycles. The third-order valence-corrected chi connectivity index (χ3v) is 4.17. The number of nitrogens with one attached hydrogen (secondary N) is 2. The molecule has 22 heavy (non-hydrogen) atoms. The Morgan fingerprint density at radius 3 is 2.68 bits per heavy atom. The first-order valence-electron chi connectivity index (χ1n) is 7.69. The van der Waals surface area contributed by atoms with Crippen LogP contribution in [0.15, 0.2) is 42.9 Å². The van der Waals surface area contributed by atoms with Crippen molar-refractivity contribution < 1.29 is 0 Å². The Balaban J connectivity index is 1.53. The molecule has 3 aromatic rings. The lowest BCUT2D eigenvalue weighted by molar-refractivity contribution is 0.233. The van der Waals surface area contributed by atoms with Gasteiger partial charge in [0.2, 0.25) is 0 Å². The number of H-pyrrole nitrogens is 1. The molecule has 3 heterocycles. The van der Waals surface area contributed by atoms with E-state index in [9.17, 15) is 0 Å². The van der Waals surface area contributed by atoms with Crippen molar-refractivity contribution in [2.75, 3.05) is 26.2 Å². The maximum atomic E-state index is 4.24. The van der Waals surface area contributed by atoms with Crippen LogP contribution < -0.4 is 5.32 Å². The smallest absolute Gasteiger partial charge is 0.141 e. The molecule has 1 fully saturated rings. The zero-order chi connectivity index (χ0) is 14.8.